The number of carbonyl (C=O) groups excluding carboxylic acids is 1. The standard InChI is InChI=1S/C16H20N4O/c1-11-9-15(19(2)18-11)16(21)20-10-12(7-8-17)13-5-3-4-6-14(13)20/h3-6,9,12H,7-8,10,17H2,1-2H3. The molecule has 0 fully saturated rings. The van der Waals surface area contributed by atoms with Crippen LogP contribution in [0, 0.1) is 6.92 Å². The van der Waals surface area contributed by atoms with Crippen LogP contribution in [0.5, 0.6) is 0 Å². The van der Waals surface area contributed by atoms with Crippen molar-refractivity contribution in [1.82, 2.24) is 9.78 Å². The van der Waals surface area contributed by atoms with Crippen molar-refractivity contribution < 1.29 is 4.79 Å². The van der Waals surface area contributed by atoms with Gasteiger partial charge in [0.05, 0.1) is 5.69 Å². The third-order valence-corrected chi connectivity index (χ3v) is 4.05. The molecule has 0 radical (unpaired) electrons. The Morgan fingerprint density at radius 1 is 1.43 bits per heavy atom. The maximum Gasteiger partial charge on any atom is 0.276 e. The molecule has 1 atom stereocenters. The van der Waals surface area contributed by atoms with E-state index in [9.17, 15) is 4.79 Å². The lowest BCUT2D eigenvalue weighted by molar-refractivity contribution is 0.0979. The first kappa shape index (κ1) is 13.8. The summed E-state index contributed by atoms with van der Waals surface area (Å²) < 4.78 is 1.65. The van der Waals surface area contributed by atoms with E-state index in [1.807, 2.05) is 36.1 Å². The number of hydrogen-bond acceptors (Lipinski definition) is 3. The van der Waals surface area contributed by atoms with Crippen LogP contribution in [0.3, 0.4) is 0 Å². The van der Waals surface area contributed by atoms with Gasteiger partial charge in [0.15, 0.2) is 0 Å². The van der Waals surface area contributed by atoms with E-state index >= 15 is 0 Å². The smallest absolute Gasteiger partial charge is 0.276 e. The Kier molecular flexibility index (Phi) is 3.51. The highest BCUT2D eigenvalue weighted by Crippen LogP contribution is 2.38. The first-order chi connectivity index (χ1) is 10.1. The number of para-hydroxylation sites is 1. The lowest BCUT2D eigenvalue weighted by atomic mass is 9.98. The van der Waals surface area contributed by atoms with E-state index < -0.39 is 0 Å². The van der Waals surface area contributed by atoms with Gasteiger partial charge >= 0.3 is 0 Å². The van der Waals surface area contributed by atoms with Gasteiger partial charge in [-0.2, -0.15) is 5.10 Å². The summed E-state index contributed by atoms with van der Waals surface area (Å²) in [4.78, 5) is 14.7. The largest absolute Gasteiger partial charge is 0.330 e. The molecule has 1 unspecified atom stereocenters. The van der Waals surface area contributed by atoms with Crippen molar-refractivity contribution in [2.75, 3.05) is 18.0 Å². The minimum atomic E-state index is 0.00470. The predicted octanol–water partition coefficient (Wildman–Crippen LogP) is 1.82. The van der Waals surface area contributed by atoms with Crippen LogP contribution in [0.4, 0.5) is 5.69 Å². The number of amides is 1. The molecule has 0 bridgehead atoms. The number of benzene rings is 1. The lowest BCUT2D eigenvalue weighted by Gasteiger charge is -2.17. The van der Waals surface area contributed by atoms with Gasteiger partial charge in [0.1, 0.15) is 5.69 Å². The number of aryl methyl sites for hydroxylation is 2. The van der Waals surface area contributed by atoms with Crippen LogP contribution in [-0.4, -0.2) is 28.8 Å². The van der Waals surface area contributed by atoms with Crippen LogP contribution in [0.15, 0.2) is 30.3 Å². The quantitative estimate of drug-likeness (QED) is 0.935. The molecular formula is C16H20N4O. The van der Waals surface area contributed by atoms with Gasteiger partial charge in [-0.3, -0.25) is 9.48 Å². The summed E-state index contributed by atoms with van der Waals surface area (Å²) >= 11 is 0. The zero-order chi connectivity index (χ0) is 15.0. The van der Waals surface area contributed by atoms with E-state index in [2.05, 4.69) is 11.2 Å². The number of hydrogen-bond donors (Lipinski definition) is 1. The first-order valence-corrected chi connectivity index (χ1v) is 7.23. The molecule has 1 aromatic carbocycles. The topological polar surface area (TPSA) is 64.2 Å². The van der Waals surface area contributed by atoms with Crippen LogP contribution < -0.4 is 10.6 Å². The first-order valence-electron chi connectivity index (χ1n) is 7.23. The molecule has 5 heteroatoms. The molecule has 2 heterocycles. The highest BCUT2D eigenvalue weighted by atomic mass is 16.2. The Balaban J connectivity index is 1.96. The minimum Gasteiger partial charge on any atom is -0.330 e. The van der Waals surface area contributed by atoms with Crippen molar-refractivity contribution in [1.29, 1.82) is 0 Å². The highest BCUT2D eigenvalue weighted by molar-refractivity contribution is 6.06. The summed E-state index contributed by atoms with van der Waals surface area (Å²) in [6, 6.07) is 9.93. The average Bonchev–Trinajstić information content (AvgIpc) is 3.00. The number of nitrogens with two attached hydrogens (primary N) is 1. The maximum atomic E-state index is 12.8. The van der Waals surface area contributed by atoms with Crippen molar-refractivity contribution in [3.8, 4) is 0 Å². The molecule has 0 spiro atoms. The van der Waals surface area contributed by atoms with Crippen molar-refractivity contribution in [3.05, 3.63) is 47.3 Å². The second-order valence-electron chi connectivity index (χ2n) is 5.54. The second-order valence-corrected chi connectivity index (χ2v) is 5.54. The van der Waals surface area contributed by atoms with Gasteiger partial charge in [-0.1, -0.05) is 18.2 Å². The van der Waals surface area contributed by atoms with Gasteiger partial charge in [0.2, 0.25) is 0 Å². The SMILES string of the molecule is Cc1cc(C(=O)N2CC(CCN)c3ccccc32)n(C)n1. The van der Waals surface area contributed by atoms with Crippen molar-refractivity contribution in [3.63, 3.8) is 0 Å². The maximum absolute atomic E-state index is 12.8. The molecule has 1 aliphatic heterocycles. The van der Waals surface area contributed by atoms with Gasteiger partial charge in [-0.25, -0.2) is 0 Å². The fourth-order valence-electron chi connectivity index (χ4n) is 3.08. The van der Waals surface area contributed by atoms with Gasteiger partial charge in [0, 0.05) is 25.2 Å². The average molecular weight is 284 g/mol. The number of anilines is 1. The molecule has 0 aliphatic carbocycles. The van der Waals surface area contributed by atoms with E-state index in [1.54, 1.807) is 11.7 Å². The fraction of sp³-hybridized carbons (Fsp3) is 0.375. The van der Waals surface area contributed by atoms with Crippen LogP contribution in [0.1, 0.15) is 34.1 Å². The predicted molar refractivity (Wildman–Crippen MR) is 82.5 cm³/mol. The summed E-state index contributed by atoms with van der Waals surface area (Å²) in [5.41, 5.74) is 9.40. The molecule has 21 heavy (non-hydrogen) atoms. The molecular weight excluding hydrogens is 264 g/mol. The van der Waals surface area contributed by atoms with E-state index in [-0.39, 0.29) is 5.91 Å². The molecule has 1 amide bonds. The Hall–Kier alpha value is -2.14. The number of rotatable bonds is 3. The van der Waals surface area contributed by atoms with E-state index in [0.29, 0.717) is 24.7 Å². The Morgan fingerprint density at radius 2 is 2.19 bits per heavy atom. The lowest BCUT2D eigenvalue weighted by Crippen LogP contribution is -2.31. The summed E-state index contributed by atoms with van der Waals surface area (Å²) in [6.45, 7) is 3.22. The fourth-order valence-corrected chi connectivity index (χ4v) is 3.08. The van der Waals surface area contributed by atoms with Crippen LogP contribution >= 0.6 is 0 Å². The number of carbonyl (C=O) groups is 1. The molecule has 2 N–H and O–H groups in total. The molecule has 1 aromatic heterocycles. The molecule has 1 aliphatic rings. The summed E-state index contributed by atoms with van der Waals surface area (Å²) in [5, 5.41) is 4.26. The molecule has 3 rings (SSSR count). The van der Waals surface area contributed by atoms with Crippen LogP contribution in [0.2, 0.25) is 0 Å². The summed E-state index contributed by atoms with van der Waals surface area (Å²) in [6.07, 6.45) is 0.894. The molecule has 0 saturated carbocycles. The second kappa shape index (κ2) is 5.33. The highest BCUT2D eigenvalue weighted by Gasteiger charge is 2.33. The van der Waals surface area contributed by atoms with Crippen LogP contribution in [-0.2, 0) is 7.05 Å². The third kappa shape index (κ3) is 2.34. The van der Waals surface area contributed by atoms with Gasteiger partial charge in [0.25, 0.3) is 5.91 Å². The van der Waals surface area contributed by atoms with Crippen LogP contribution in [0.25, 0.3) is 0 Å². The third-order valence-electron chi connectivity index (χ3n) is 4.05. The van der Waals surface area contributed by atoms with Crippen molar-refractivity contribution in [2.24, 2.45) is 12.8 Å². The minimum absolute atomic E-state index is 0.00470. The number of aromatic nitrogens is 2. The van der Waals surface area contributed by atoms with E-state index in [4.69, 9.17) is 5.73 Å². The zero-order valence-electron chi connectivity index (χ0n) is 12.4. The van der Waals surface area contributed by atoms with E-state index in [0.717, 1.165) is 17.8 Å². The molecule has 110 valence electrons. The van der Waals surface area contributed by atoms with Gasteiger partial charge in [-0.05, 0) is 37.6 Å². The Morgan fingerprint density at radius 3 is 2.86 bits per heavy atom. The van der Waals surface area contributed by atoms with E-state index in [1.165, 1.54) is 5.56 Å². The van der Waals surface area contributed by atoms with Crippen molar-refractivity contribution >= 4 is 11.6 Å². The molecule has 5 nitrogen and oxygen atoms in total. The zero-order valence-corrected chi connectivity index (χ0v) is 12.4. The normalized spacial score (nSPS) is 17.1. The Labute approximate surface area is 124 Å². The summed E-state index contributed by atoms with van der Waals surface area (Å²) in [5.74, 6) is 0.328. The Bertz CT molecular complexity index is 677. The summed E-state index contributed by atoms with van der Waals surface area (Å²) in [7, 11) is 1.81. The monoisotopic (exact) mass is 284 g/mol. The number of fused-ring (bicyclic) bond motifs is 1. The molecule has 0 saturated heterocycles. The van der Waals surface area contributed by atoms with Gasteiger partial charge in [-0.15, -0.1) is 0 Å². The molecule has 2 aromatic rings. The van der Waals surface area contributed by atoms with Crippen molar-refractivity contribution in [2.45, 2.75) is 19.3 Å². The van der Waals surface area contributed by atoms with Gasteiger partial charge < -0.3 is 10.6 Å². The number of nitrogens with zero attached hydrogens (tertiary/aromatic N) is 3.